The molecule has 1 N–H and O–H groups in total. The van der Waals surface area contributed by atoms with Gasteiger partial charge in [-0.2, -0.15) is 0 Å². The van der Waals surface area contributed by atoms with Crippen LogP contribution in [-0.2, 0) is 4.79 Å². The van der Waals surface area contributed by atoms with Crippen LogP contribution in [0.3, 0.4) is 0 Å². The second kappa shape index (κ2) is 6.76. The Bertz CT molecular complexity index is 538. The molecule has 4 nitrogen and oxygen atoms in total. The number of anilines is 1. The summed E-state index contributed by atoms with van der Waals surface area (Å²) in [7, 11) is 4.23. The van der Waals surface area contributed by atoms with E-state index in [-0.39, 0.29) is 0 Å². The molecule has 1 aliphatic heterocycles. The highest BCUT2D eigenvalue weighted by Crippen LogP contribution is 2.28. The van der Waals surface area contributed by atoms with E-state index in [0.29, 0.717) is 6.04 Å². The summed E-state index contributed by atoms with van der Waals surface area (Å²) >= 11 is 0. The lowest BCUT2D eigenvalue weighted by Crippen LogP contribution is -2.37. The van der Waals surface area contributed by atoms with E-state index in [4.69, 9.17) is 5.11 Å². The highest BCUT2D eigenvalue weighted by molar-refractivity contribution is 5.85. The lowest BCUT2D eigenvalue weighted by Gasteiger charge is -2.29. The third kappa shape index (κ3) is 4.08. The summed E-state index contributed by atoms with van der Waals surface area (Å²) in [6, 6.07) is 6.84. The number of aryl methyl sites for hydroxylation is 1. The average Bonchev–Trinajstić information content (AvgIpc) is 2.84. The van der Waals surface area contributed by atoms with E-state index in [2.05, 4.69) is 36.0 Å². The smallest absolute Gasteiger partial charge is 0.328 e. The van der Waals surface area contributed by atoms with Crippen LogP contribution in [0, 0.1) is 6.92 Å². The van der Waals surface area contributed by atoms with Gasteiger partial charge in [-0.1, -0.05) is 6.07 Å². The molecule has 0 aliphatic carbocycles. The van der Waals surface area contributed by atoms with Crippen LogP contribution in [-0.4, -0.2) is 49.2 Å². The summed E-state index contributed by atoms with van der Waals surface area (Å²) in [6.07, 6.45) is 5.31. The first-order chi connectivity index (χ1) is 9.97. The van der Waals surface area contributed by atoms with Crippen molar-refractivity contribution in [3.05, 3.63) is 35.4 Å². The van der Waals surface area contributed by atoms with Crippen LogP contribution < -0.4 is 4.90 Å². The molecule has 1 unspecified atom stereocenters. The normalized spacial score (nSPS) is 18.9. The largest absolute Gasteiger partial charge is 0.478 e. The van der Waals surface area contributed by atoms with Gasteiger partial charge in [0.15, 0.2) is 0 Å². The second-order valence-corrected chi connectivity index (χ2v) is 5.96. The summed E-state index contributed by atoms with van der Waals surface area (Å²) < 4.78 is 0. The number of hydrogen-bond donors (Lipinski definition) is 1. The number of hydrogen-bond acceptors (Lipinski definition) is 3. The zero-order chi connectivity index (χ0) is 15.4. The molecule has 1 aromatic carbocycles. The van der Waals surface area contributed by atoms with Gasteiger partial charge in [0.2, 0.25) is 0 Å². The first-order valence-corrected chi connectivity index (χ1v) is 7.40. The number of carboxylic acid groups (broad SMARTS) is 1. The zero-order valence-electron chi connectivity index (χ0n) is 13.0. The summed E-state index contributed by atoms with van der Waals surface area (Å²) in [5.41, 5.74) is 3.31. The Kier molecular flexibility index (Phi) is 5.02. The molecule has 0 radical (unpaired) electrons. The van der Waals surface area contributed by atoms with Crippen molar-refractivity contribution in [2.75, 3.05) is 32.1 Å². The fourth-order valence-electron chi connectivity index (χ4n) is 2.97. The second-order valence-electron chi connectivity index (χ2n) is 5.96. The van der Waals surface area contributed by atoms with Crippen LogP contribution >= 0.6 is 0 Å². The van der Waals surface area contributed by atoms with Crippen LogP contribution in [0.15, 0.2) is 24.3 Å². The molecule has 4 heteroatoms. The predicted octanol–water partition coefficient (Wildman–Crippen LogP) is 2.62. The van der Waals surface area contributed by atoms with E-state index in [0.717, 1.165) is 24.2 Å². The first-order valence-electron chi connectivity index (χ1n) is 7.40. The van der Waals surface area contributed by atoms with Gasteiger partial charge in [0, 0.05) is 30.9 Å². The highest BCUT2D eigenvalue weighted by Gasteiger charge is 2.25. The third-order valence-corrected chi connectivity index (χ3v) is 3.94. The Labute approximate surface area is 126 Å². The Morgan fingerprint density at radius 1 is 1.48 bits per heavy atom. The van der Waals surface area contributed by atoms with Gasteiger partial charge in [-0.15, -0.1) is 0 Å². The molecule has 1 aromatic rings. The Hall–Kier alpha value is -1.81. The zero-order valence-corrected chi connectivity index (χ0v) is 13.0. The minimum Gasteiger partial charge on any atom is -0.478 e. The third-order valence-electron chi connectivity index (χ3n) is 3.94. The molecule has 0 saturated carbocycles. The minimum absolute atomic E-state index is 0.569. The van der Waals surface area contributed by atoms with Crippen LogP contribution in [0.25, 0.3) is 6.08 Å². The molecule has 1 fully saturated rings. The number of benzene rings is 1. The van der Waals surface area contributed by atoms with Crippen LogP contribution in [0.5, 0.6) is 0 Å². The van der Waals surface area contributed by atoms with E-state index in [1.165, 1.54) is 24.6 Å². The van der Waals surface area contributed by atoms with Crippen molar-refractivity contribution < 1.29 is 9.90 Å². The van der Waals surface area contributed by atoms with Gasteiger partial charge in [0.05, 0.1) is 0 Å². The molecular weight excluding hydrogens is 264 g/mol. The Balaban J connectivity index is 2.17. The van der Waals surface area contributed by atoms with E-state index in [1.807, 2.05) is 13.0 Å². The van der Waals surface area contributed by atoms with Gasteiger partial charge >= 0.3 is 5.97 Å². The van der Waals surface area contributed by atoms with Crippen molar-refractivity contribution in [2.45, 2.75) is 25.8 Å². The number of nitrogens with zero attached hydrogens (tertiary/aromatic N) is 2. The topological polar surface area (TPSA) is 43.8 Å². The van der Waals surface area contributed by atoms with E-state index >= 15 is 0 Å². The van der Waals surface area contributed by atoms with Gasteiger partial charge in [-0.25, -0.2) is 4.79 Å². The Morgan fingerprint density at radius 3 is 2.86 bits per heavy atom. The van der Waals surface area contributed by atoms with Crippen LogP contribution in [0.4, 0.5) is 5.69 Å². The molecule has 1 atom stereocenters. The molecule has 2 rings (SSSR count). The molecule has 0 aromatic heterocycles. The summed E-state index contributed by atoms with van der Waals surface area (Å²) in [6.45, 7) is 4.20. The summed E-state index contributed by atoms with van der Waals surface area (Å²) in [4.78, 5) is 15.3. The first kappa shape index (κ1) is 15.6. The molecule has 1 aliphatic rings. The Morgan fingerprint density at radius 2 is 2.24 bits per heavy atom. The molecule has 114 valence electrons. The van der Waals surface area contributed by atoms with Gasteiger partial charge in [-0.05, 0) is 63.2 Å². The van der Waals surface area contributed by atoms with Crippen molar-refractivity contribution in [1.82, 2.24) is 4.90 Å². The standard InChI is InChI=1S/C17H24N2O2/c1-13-11-15(8-6-14(13)7-9-17(20)21)19-10-4-5-16(19)12-18(2)3/h6-9,11,16H,4-5,10,12H2,1-3H3,(H,20,21). The summed E-state index contributed by atoms with van der Waals surface area (Å²) in [5, 5.41) is 8.71. The molecular formula is C17H24N2O2. The number of carboxylic acids is 1. The predicted molar refractivity (Wildman–Crippen MR) is 86.8 cm³/mol. The maximum absolute atomic E-state index is 10.6. The number of carbonyl (C=O) groups is 1. The van der Waals surface area contributed by atoms with Crippen molar-refractivity contribution in [3.63, 3.8) is 0 Å². The minimum atomic E-state index is -0.913. The van der Waals surface area contributed by atoms with Crippen molar-refractivity contribution in [2.24, 2.45) is 0 Å². The number of likely N-dealkylation sites (N-methyl/N-ethyl adjacent to an activating group) is 1. The molecule has 1 saturated heterocycles. The summed E-state index contributed by atoms with van der Waals surface area (Å²) in [5.74, 6) is -0.913. The average molecular weight is 288 g/mol. The lowest BCUT2D eigenvalue weighted by atomic mass is 10.1. The van der Waals surface area contributed by atoms with Crippen molar-refractivity contribution >= 4 is 17.7 Å². The quantitative estimate of drug-likeness (QED) is 0.846. The van der Waals surface area contributed by atoms with Gasteiger partial charge in [0.25, 0.3) is 0 Å². The van der Waals surface area contributed by atoms with Crippen LogP contribution in [0.1, 0.15) is 24.0 Å². The maximum atomic E-state index is 10.6. The van der Waals surface area contributed by atoms with Crippen molar-refractivity contribution in [3.8, 4) is 0 Å². The fourth-order valence-corrected chi connectivity index (χ4v) is 2.97. The highest BCUT2D eigenvalue weighted by atomic mass is 16.4. The van der Waals surface area contributed by atoms with Crippen LogP contribution in [0.2, 0.25) is 0 Å². The molecule has 0 amide bonds. The molecule has 21 heavy (non-hydrogen) atoms. The van der Waals surface area contributed by atoms with Gasteiger partial charge in [-0.3, -0.25) is 0 Å². The van der Waals surface area contributed by atoms with Gasteiger partial charge in [0.1, 0.15) is 0 Å². The van der Waals surface area contributed by atoms with E-state index in [9.17, 15) is 4.79 Å². The monoisotopic (exact) mass is 288 g/mol. The van der Waals surface area contributed by atoms with E-state index < -0.39 is 5.97 Å². The lowest BCUT2D eigenvalue weighted by molar-refractivity contribution is -0.131. The maximum Gasteiger partial charge on any atom is 0.328 e. The van der Waals surface area contributed by atoms with Crippen molar-refractivity contribution in [1.29, 1.82) is 0 Å². The molecule has 1 heterocycles. The number of rotatable bonds is 5. The molecule has 0 bridgehead atoms. The van der Waals surface area contributed by atoms with E-state index in [1.54, 1.807) is 6.08 Å². The SMILES string of the molecule is Cc1cc(N2CCCC2CN(C)C)ccc1C=CC(=O)O. The fraction of sp³-hybridized carbons (Fsp3) is 0.471. The molecule has 0 spiro atoms. The number of aliphatic carboxylic acids is 1. The van der Waals surface area contributed by atoms with Gasteiger partial charge < -0.3 is 14.9 Å².